The number of amidine groups is 1. The second-order valence-corrected chi connectivity index (χ2v) is 3.69. The molecule has 0 aromatic carbocycles. The number of aromatic nitrogens is 4. The third kappa shape index (κ3) is 2.82. The Morgan fingerprint density at radius 3 is 2.83 bits per heavy atom. The minimum atomic E-state index is -0.121. The first-order valence-electron chi connectivity index (χ1n) is 5.55. The predicted molar refractivity (Wildman–Crippen MR) is 65.6 cm³/mol. The van der Waals surface area contributed by atoms with E-state index in [0.29, 0.717) is 17.3 Å². The summed E-state index contributed by atoms with van der Waals surface area (Å²) in [6.07, 6.45) is 7.25. The summed E-state index contributed by atoms with van der Waals surface area (Å²) in [6, 6.07) is 0. The third-order valence-corrected chi connectivity index (χ3v) is 2.19. The minimum Gasteiger partial charge on any atom is -0.434 e. The van der Waals surface area contributed by atoms with E-state index < -0.39 is 0 Å². The molecule has 7 nitrogen and oxygen atoms in total. The molecule has 0 saturated heterocycles. The standard InChI is InChI=1S/C11H14N6O/c1-2-3-17-7-8(4-16-17)18-10-6-14-9(5-15-10)11(12)13/h4-7H,2-3H2,1H3,(H3,12,13). The zero-order valence-electron chi connectivity index (χ0n) is 10.00. The van der Waals surface area contributed by atoms with Crippen LogP contribution in [0.1, 0.15) is 19.0 Å². The summed E-state index contributed by atoms with van der Waals surface area (Å²) >= 11 is 0. The van der Waals surface area contributed by atoms with E-state index in [0.717, 1.165) is 13.0 Å². The van der Waals surface area contributed by atoms with Gasteiger partial charge in [-0.1, -0.05) is 6.92 Å². The van der Waals surface area contributed by atoms with Crippen LogP contribution in [0.15, 0.2) is 24.8 Å². The molecular formula is C11H14N6O. The molecule has 0 aliphatic carbocycles. The van der Waals surface area contributed by atoms with Crippen LogP contribution in [0.25, 0.3) is 0 Å². The molecule has 0 amide bonds. The van der Waals surface area contributed by atoms with Crippen molar-refractivity contribution in [3.05, 3.63) is 30.5 Å². The fourth-order valence-corrected chi connectivity index (χ4v) is 1.38. The average Bonchev–Trinajstić information content (AvgIpc) is 2.78. The largest absolute Gasteiger partial charge is 0.434 e. The van der Waals surface area contributed by atoms with Gasteiger partial charge < -0.3 is 10.5 Å². The average molecular weight is 246 g/mol. The predicted octanol–water partition coefficient (Wildman–Crippen LogP) is 1.16. The molecule has 2 rings (SSSR count). The van der Waals surface area contributed by atoms with Crippen molar-refractivity contribution in [2.24, 2.45) is 5.73 Å². The number of rotatable bonds is 5. The van der Waals surface area contributed by atoms with Gasteiger partial charge in [-0.25, -0.2) is 9.97 Å². The third-order valence-electron chi connectivity index (χ3n) is 2.19. The van der Waals surface area contributed by atoms with E-state index in [-0.39, 0.29) is 5.84 Å². The molecule has 0 unspecified atom stereocenters. The van der Waals surface area contributed by atoms with Crippen molar-refractivity contribution in [3.8, 4) is 11.6 Å². The molecule has 2 heterocycles. The van der Waals surface area contributed by atoms with E-state index in [9.17, 15) is 0 Å². The van der Waals surface area contributed by atoms with Crippen LogP contribution in [0.2, 0.25) is 0 Å². The van der Waals surface area contributed by atoms with Crippen molar-refractivity contribution in [3.63, 3.8) is 0 Å². The molecule has 0 bridgehead atoms. The van der Waals surface area contributed by atoms with E-state index in [1.165, 1.54) is 12.4 Å². The van der Waals surface area contributed by atoms with Crippen molar-refractivity contribution < 1.29 is 4.74 Å². The number of aryl methyl sites for hydroxylation is 1. The number of nitrogens with one attached hydrogen (secondary N) is 1. The summed E-state index contributed by atoms with van der Waals surface area (Å²) < 4.78 is 7.27. The van der Waals surface area contributed by atoms with Gasteiger partial charge in [0.05, 0.1) is 24.8 Å². The molecule has 94 valence electrons. The zero-order chi connectivity index (χ0) is 13.0. The number of nitrogens with zero attached hydrogens (tertiary/aromatic N) is 4. The monoisotopic (exact) mass is 246 g/mol. The van der Waals surface area contributed by atoms with Gasteiger partial charge >= 0.3 is 0 Å². The smallest absolute Gasteiger partial charge is 0.238 e. The van der Waals surface area contributed by atoms with Crippen LogP contribution in [0, 0.1) is 5.41 Å². The lowest BCUT2D eigenvalue weighted by molar-refractivity contribution is 0.458. The summed E-state index contributed by atoms with van der Waals surface area (Å²) in [5.74, 6) is 0.828. The number of nitrogen functional groups attached to an aromatic ring is 1. The Hall–Kier alpha value is -2.44. The first-order chi connectivity index (χ1) is 8.69. The van der Waals surface area contributed by atoms with Gasteiger partial charge in [-0.3, -0.25) is 10.1 Å². The van der Waals surface area contributed by atoms with Gasteiger partial charge in [0, 0.05) is 6.54 Å². The normalized spacial score (nSPS) is 10.3. The molecule has 0 spiro atoms. The maximum atomic E-state index is 7.20. The maximum Gasteiger partial charge on any atom is 0.238 e. The van der Waals surface area contributed by atoms with Crippen molar-refractivity contribution in [1.82, 2.24) is 19.7 Å². The Bertz CT molecular complexity index is 533. The SMILES string of the molecule is CCCn1cc(Oc2cnc(C(=N)N)cn2)cn1. The van der Waals surface area contributed by atoms with Gasteiger partial charge in [0.25, 0.3) is 0 Å². The van der Waals surface area contributed by atoms with Gasteiger partial charge in [-0.2, -0.15) is 5.10 Å². The van der Waals surface area contributed by atoms with Gasteiger partial charge in [0.2, 0.25) is 5.88 Å². The van der Waals surface area contributed by atoms with Crippen LogP contribution in [0.3, 0.4) is 0 Å². The molecule has 0 fully saturated rings. The van der Waals surface area contributed by atoms with Crippen molar-refractivity contribution in [1.29, 1.82) is 5.41 Å². The van der Waals surface area contributed by atoms with Crippen LogP contribution in [-0.2, 0) is 6.54 Å². The Kier molecular flexibility index (Phi) is 3.52. The quantitative estimate of drug-likeness (QED) is 0.608. The van der Waals surface area contributed by atoms with E-state index >= 15 is 0 Å². The summed E-state index contributed by atoms with van der Waals surface area (Å²) in [5, 5.41) is 11.3. The van der Waals surface area contributed by atoms with Crippen LogP contribution >= 0.6 is 0 Å². The van der Waals surface area contributed by atoms with Crippen molar-refractivity contribution in [2.75, 3.05) is 0 Å². The van der Waals surface area contributed by atoms with Crippen LogP contribution < -0.4 is 10.5 Å². The van der Waals surface area contributed by atoms with E-state index in [1.807, 2.05) is 0 Å². The summed E-state index contributed by atoms with van der Waals surface area (Å²) in [4.78, 5) is 7.96. The lowest BCUT2D eigenvalue weighted by atomic mass is 10.4. The van der Waals surface area contributed by atoms with E-state index in [2.05, 4.69) is 22.0 Å². The van der Waals surface area contributed by atoms with Crippen molar-refractivity contribution >= 4 is 5.84 Å². The summed E-state index contributed by atoms with van der Waals surface area (Å²) in [6.45, 7) is 2.92. The Labute approximate surface area is 104 Å². The summed E-state index contributed by atoms with van der Waals surface area (Å²) in [7, 11) is 0. The number of nitrogens with two attached hydrogens (primary N) is 1. The zero-order valence-corrected chi connectivity index (χ0v) is 10.00. The van der Waals surface area contributed by atoms with Gasteiger partial charge in [0.1, 0.15) is 11.5 Å². The second-order valence-electron chi connectivity index (χ2n) is 3.69. The van der Waals surface area contributed by atoms with Crippen LogP contribution in [0.5, 0.6) is 11.6 Å². The minimum absolute atomic E-state index is 0.121. The van der Waals surface area contributed by atoms with Gasteiger partial charge in [0.15, 0.2) is 5.75 Å². The molecule has 0 aliphatic rings. The molecule has 0 saturated carbocycles. The number of hydrogen-bond donors (Lipinski definition) is 2. The Morgan fingerprint density at radius 1 is 1.39 bits per heavy atom. The first-order valence-corrected chi connectivity index (χ1v) is 5.55. The second kappa shape index (κ2) is 5.26. The Morgan fingerprint density at radius 2 is 2.22 bits per heavy atom. The molecular weight excluding hydrogens is 232 g/mol. The highest BCUT2D eigenvalue weighted by atomic mass is 16.5. The lowest BCUT2D eigenvalue weighted by Crippen LogP contribution is -2.13. The maximum absolute atomic E-state index is 7.20. The highest BCUT2D eigenvalue weighted by molar-refractivity contribution is 5.92. The van der Waals surface area contributed by atoms with Crippen LogP contribution in [-0.4, -0.2) is 25.6 Å². The fraction of sp³-hybridized carbons (Fsp3) is 0.273. The molecule has 0 radical (unpaired) electrons. The first kappa shape index (κ1) is 12.0. The van der Waals surface area contributed by atoms with Gasteiger partial charge in [-0.15, -0.1) is 0 Å². The van der Waals surface area contributed by atoms with Gasteiger partial charge in [-0.05, 0) is 6.42 Å². The number of hydrogen-bond acceptors (Lipinski definition) is 5. The van der Waals surface area contributed by atoms with E-state index in [1.54, 1.807) is 17.1 Å². The van der Waals surface area contributed by atoms with Crippen molar-refractivity contribution in [2.45, 2.75) is 19.9 Å². The highest BCUT2D eigenvalue weighted by Crippen LogP contribution is 2.17. The molecule has 2 aromatic rings. The molecule has 0 aliphatic heterocycles. The Balaban J connectivity index is 2.06. The number of ether oxygens (including phenoxy) is 1. The topological polar surface area (TPSA) is 103 Å². The van der Waals surface area contributed by atoms with E-state index in [4.69, 9.17) is 15.9 Å². The molecule has 7 heteroatoms. The molecule has 2 aromatic heterocycles. The summed E-state index contributed by atoms with van der Waals surface area (Å²) in [5.41, 5.74) is 5.60. The lowest BCUT2D eigenvalue weighted by Gasteiger charge is -2.01. The molecule has 18 heavy (non-hydrogen) atoms. The highest BCUT2D eigenvalue weighted by Gasteiger charge is 2.04. The molecule has 3 N–H and O–H groups in total. The molecule has 0 atom stereocenters. The fourth-order valence-electron chi connectivity index (χ4n) is 1.38. The van der Waals surface area contributed by atoms with Crippen LogP contribution in [0.4, 0.5) is 0 Å².